The molecule has 4 nitrogen and oxygen atoms in total. The molecule has 0 atom stereocenters. The summed E-state index contributed by atoms with van der Waals surface area (Å²) in [6.45, 7) is 0. The van der Waals surface area contributed by atoms with Gasteiger partial charge in [-0.25, -0.2) is 9.97 Å². The number of nitrogens with zero attached hydrogens (tertiary/aromatic N) is 2. The lowest BCUT2D eigenvalue weighted by Gasteiger charge is -2.21. The van der Waals surface area contributed by atoms with Crippen LogP contribution >= 0.6 is 0 Å². The van der Waals surface area contributed by atoms with Crippen molar-refractivity contribution in [3.05, 3.63) is 114 Å². The Morgan fingerprint density at radius 3 is 2.38 bits per heavy atom. The van der Waals surface area contributed by atoms with Crippen molar-refractivity contribution in [2.75, 3.05) is 5.32 Å². The van der Waals surface area contributed by atoms with Crippen molar-refractivity contribution in [2.24, 2.45) is 0 Å². The molecule has 0 fully saturated rings. The minimum Gasteiger partial charge on any atom is -0.309 e. The summed E-state index contributed by atoms with van der Waals surface area (Å²) in [5.74, 6) is 0.424. The second-order valence-electron chi connectivity index (χ2n) is 8.65. The van der Waals surface area contributed by atoms with Crippen LogP contribution in [0.5, 0.6) is 0 Å². The molecule has 6 rings (SSSR count). The van der Waals surface area contributed by atoms with Crippen LogP contribution < -0.4 is 5.32 Å². The predicted molar refractivity (Wildman–Crippen MR) is 137 cm³/mol. The molecule has 4 heteroatoms. The molecular weight excluding hydrogens is 418 g/mol. The van der Waals surface area contributed by atoms with Crippen LogP contribution in [0.3, 0.4) is 0 Å². The number of hydrogen-bond acceptors (Lipinski definition) is 3. The third kappa shape index (κ3) is 3.84. The van der Waals surface area contributed by atoms with Gasteiger partial charge in [-0.2, -0.15) is 0 Å². The van der Waals surface area contributed by atoms with Crippen LogP contribution in [0.4, 0.5) is 5.82 Å². The lowest BCUT2D eigenvalue weighted by molar-refractivity contribution is -0.115. The Hall–Kier alpha value is -4.31. The molecule has 1 N–H and O–H groups in total. The highest BCUT2D eigenvalue weighted by Gasteiger charge is 2.22. The molecule has 1 aromatic heterocycles. The number of amides is 1. The standard InChI is InChI=1S/C30H23N3O/c34-27(19-20-14-15-21-8-4-5-12-24(21)18-20)32-30-28(23-10-2-1-3-11-23)33-29-25-13-7-6-9-22(25)16-17-26(29)31-30/h1-15,18H,16-17,19H2,(H,31,32,34). The van der Waals surface area contributed by atoms with Gasteiger partial charge in [0.2, 0.25) is 5.91 Å². The fourth-order valence-electron chi connectivity index (χ4n) is 4.68. The van der Waals surface area contributed by atoms with E-state index in [9.17, 15) is 4.79 Å². The van der Waals surface area contributed by atoms with Crippen LogP contribution in [0.25, 0.3) is 33.3 Å². The van der Waals surface area contributed by atoms with Crippen LogP contribution in [0.1, 0.15) is 16.8 Å². The first-order chi connectivity index (χ1) is 16.7. The molecule has 0 unspecified atom stereocenters. The summed E-state index contributed by atoms with van der Waals surface area (Å²) in [6.07, 6.45) is 2.01. The molecule has 1 amide bonds. The molecule has 1 aliphatic rings. The average molecular weight is 442 g/mol. The number of carbonyl (C=O) groups excluding carboxylic acids is 1. The minimum absolute atomic E-state index is 0.0991. The number of aryl methyl sites for hydroxylation is 2. The molecule has 0 saturated carbocycles. The second-order valence-corrected chi connectivity index (χ2v) is 8.65. The van der Waals surface area contributed by atoms with Crippen LogP contribution in [0.15, 0.2) is 97.1 Å². The number of anilines is 1. The van der Waals surface area contributed by atoms with Crippen molar-refractivity contribution in [1.29, 1.82) is 0 Å². The van der Waals surface area contributed by atoms with E-state index < -0.39 is 0 Å². The van der Waals surface area contributed by atoms with Crippen molar-refractivity contribution in [3.63, 3.8) is 0 Å². The Morgan fingerprint density at radius 1 is 0.735 bits per heavy atom. The van der Waals surface area contributed by atoms with Crippen LogP contribution in [-0.2, 0) is 24.1 Å². The number of rotatable bonds is 4. The molecule has 0 saturated heterocycles. The third-order valence-electron chi connectivity index (χ3n) is 6.36. The molecule has 4 aromatic carbocycles. The zero-order valence-electron chi connectivity index (χ0n) is 18.7. The first kappa shape index (κ1) is 20.3. The molecule has 0 radical (unpaired) electrons. The Kier molecular flexibility index (Phi) is 5.11. The molecule has 1 heterocycles. The summed E-state index contributed by atoms with van der Waals surface area (Å²) in [4.78, 5) is 23.1. The maximum absolute atomic E-state index is 13.1. The van der Waals surface area contributed by atoms with Gasteiger partial charge in [-0.3, -0.25) is 4.79 Å². The van der Waals surface area contributed by atoms with Gasteiger partial charge in [-0.05, 0) is 34.7 Å². The summed E-state index contributed by atoms with van der Waals surface area (Å²) in [7, 11) is 0. The molecule has 34 heavy (non-hydrogen) atoms. The lowest BCUT2D eigenvalue weighted by Crippen LogP contribution is -2.18. The summed E-state index contributed by atoms with van der Waals surface area (Å²) in [5.41, 5.74) is 6.86. The third-order valence-corrected chi connectivity index (χ3v) is 6.36. The fraction of sp³-hybridized carbons (Fsp3) is 0.100. The molecule has 0 bridgehead atoms. The number of carbonyl (C=O) groups is 1. The first-order valence-corrected chi connectivity index (χ1v) is 11.6. The highest BCUT2D eigenvalue weighted by atomic mass is 16.1. The molecule has 5 aromatic rings. The highest BCUT2D eigenvalue weighted by Crippen LogP contribution is 2.35. The van der Waals surface area contributed by atoms with E-state index in [0.29, 0.717) is 11.5 Å². The summed E-state index contributed by atoms with van der Waals surface area (Å²) in [6, 6.07) is 32.6. The monoisotopic (exact) mass is 441 g/mol. The van der Waals surface area contributed by atoms with E-state index >= 15 is 0 Å². The van der Waals surface area contributed by atoms with E-state index in [1.165, 1.54) is 10.9 Å². The Labute approximate surface area is 198 Å². The van der Waals surface area contributed by atoms with Crippen molar-refractivity contribution in [3.8, 4) is 22.5 Å². The van der Waals surface area contributed by atoms with Crippen molar-refractivity contribution < 1.29 is 4.79 Å². The first-order valence-electron chi connectivity index (χ1n) is 11.6. The van der Waals surface area contributed by atoms with Crippen molar-refractivity contribution >= 4 is 22.5 Å². The Bertz CT molecular complexity index is 1530. The summed E-state index contributed by atoms with van der Waals surface area (Å²) >= 11 is 0. The summed E-state index contributed by atoms with van der Waals surface area (Å²) in [5, 5.41) is 5.36. The van der Waals surface area contributed by atoms with Gasteiger partial charge in [0.05, 0.1) is 17.8 Å². The SMILES string of the molecule is O=C(Cc1ccc2ccccc2c1)Nc1nc2c(nc1-c1ccccc1)-c1ccccc1CC2. The molecular formula is C30H23N3O. The molecule has 0 aliphatic heterocycles. The normalized spacial score (nSPS) is 12.1. The number of aromatic nitrogens is 2. The predicted octanol–water partition coefficient (Wildman–Crippen LogP) is 6.24. The van der Waals surface area contributed by atoms with Gasteiger partial charge in [0.15, 0.2) is 5.82 Å². The Morgan fingerprint density at radius 2 is 1.50 bits per heavy atom. The number of nitrogens with one attached hydrogen (secondary N) is 1. The number of benzene rings is 4. The number of fused-ring (bicyclic) bond motifs is 4. The van der Waals surface area contributed by atoms with E-state index in [2.05, 4.69) is 47.8 Å². The van der Waals surface area contributed by atoms with Crippen LogP contribution in [0, 0.1) is 0 Å². The lowest BCUT2D eigenvalue weighted by atomic mass is 9.91. The largest absolute Gasteiger partial charge is 0.309 e. The average Bonchev–Trinajstić information content (AvgIpc) is 2.88. The van der Waals surface area contributed by atoms with Crippen molar-refractivity contribution in [1.82, 2.24) is 9.97 Å². The van der Waals surface area contributed by atoms with Gasteiger partial charge in [-0.1, -0.05) is 97.1 Å². The quantitative estimate of drug-likeness (QED) is 0.359. The minimum atomic E-state index is -0.0991. The van der Waals surface area contributed by atoms with Gasteiger partial charge in [0, 0.05) is 11.1 Å². The topological polar surface area (TPSA) is 54.9 Å². The van der Waals surface area contributed by atoms with E-state index in [1.807, 2.05) is 54.6 Å². The smallest absolute Gasteiger partial charge is 0.230 e. The summed E-state index contributed by atoms with van der Waals surface area (Å²) < 4.78 is 0. The van der Waals surface area contributed by atoms with Crippen molar-refractivity contribution in [2.45, 2.75) is 19.3 Å². The molecule has 164 valence electrons. The van der Waals surface area contributed by atoms with E-state index in [1.54, 1.807) is 0 Å². The highest BCUT2D eigenvalue weighted by molar-refractivity contribution is 5.95. The molecule has 1 aliphatic carbocycles. The van der Waals surface area contributed by atoms with Crippen LogP contribution in [0.2, 0.25) is 0 Å². The maximum Gasteiger partial charge on any atom is 0.230 e. The molecule has 0 spiro atoms. The fourth-order valence-corrected chi connectivity index (χ4v) is 4.68. The van der Waals surface area contributed by atoms with Gasteiger partial charge in [-0.15, -0.1) is 0 Å². The van der Waals surface area contributed by atoms with Gasteiger partial charge in [0.1, 0.15) is 5.69 Å². The zero-order valence-corrected chi connectivity index (χ0v) is 18.7. The zero-order chi connectivity index (χ0) is 22.9. The maximum atomic E-state index is 13.1. The number of hydrogen-bond donors (Lipinski definition) is 1. The van der Waals surface area contributed by atoms with E-state index in [0.717, 1.165) is 46.3 Å². The van der Waals surface area contributed by atoms with E-state index in [-0.39, 0.29) is 12.3 Å². The van der Waals surface area contributed by atoms with Gasteiger partial charge in [0.25, 0.3) is 0 Å². The van der Waals surface area contributed by atoms with Crippen LogP contribution in [-0.4, -0.2) is 15.9 Å². The van der Waals surface area contributed by atoms with Gasteiger partial charge < -0.3 is 5.32 Å². The Balaban J connectivity index is 1.36. The second kappa shape index (κ2) is 8.56. The van der Waals surface area contributed by atoms with E-state index in [4.69, 9.17) is 9.97 Å². The van der Waals surface area contributed by atoms with Gasteiger partial charge >= 0.3 is 0 Å².